The van der Waals surface area contributed by atoms with Gasteiger partial charge in [-0.1, -0.05) is 5.92 Å². The molecule has 0 N–H and O–H groups in total. The molecule has 0 aliphatic carbocycles. The number of aromatic nitrogens is 1. The molecule has 0 amide bonds. The van der Waals surface area contributed by atoms with Crippen LogP contribution in [0.15, 0.2) is 18.3 Å². The summed E-state index contributed by atoms with van der Waals surface area (Å²) in [5.74, 6) is 1.16. The number of carbonyl (C=O) groups is 1. The molecule has 0 atom stereocenters. The van der Waals surface area contributed by atoms with Gasteiger partial charge < -0.3 is 9.47 Å². The SMILES string of the molecule is C#CCOC(=O)c1ccc(OCC(F)(F)F)nc1. The van der Waals surface area contributed by atoms with Crippen LogP contribution in [0.1, 0.15) is 10.4 Å². The first-order chi connectivity index (χ1) is 8.42. The van der Waals surface area contributed by atoms with E-state index < -0.39 is 18.8 Å². The van der Waals surface area contributed by atoms with E-state index in [2.05, 4.69) is 20.4 Å². The summed E-state index contributed by atoms with van der Waals surface area (Å²) >= 11 is 0. The Bertz CT molecular complexity index is 448. The van der Waals surface area contributed by atoms with E-state index in [9.17, 15) is 18.0 Å². The number of alkyl halides is 3. The zero-order valence-electron chi connectivity index (χ0n) is 9.03. The standard InChI is InChI=1S/C11H8F3NO3/c1-2-5-17-10(16)8-3-4-9(15-6-8)18-7-11(12,13)14/h1,3-4,6H,5,7H2. The molecule has 0 unspecified atom stereocenters. The fourth-order valence-electron chi connectivity index (χ4n) is 0.933. The molecule has 1 aromatic heterocycles. The number of hydrogen-bond acceptors (Lipinski definition) is 4. The second-order valence-corrected chi connectivity index (χ2v) is 3.07. The van der Waals surface area contributed by atoms with Crippen LogP contribution < -0.4 is 4.74 Å². The summed E-state index contributed by atoms with van der Waals surface area (Å²) in [6.45, 7) is -1.63. The van der Waals surface area contributed by atoms with Crippen molar-refractivity contribution < 1.29 is 27.4 Å². The molecule has 0 spiro atoms. The highest BCUT2D eigenvalue weighted by atomic mass is 19.4. The van der Waals surface area contributed by atoms with Crippen LogP contribution in [0.3, 0.4) is 0 Å². The van der Waals surface area contributed by atoms with E-state index in [-0.39, 0.29) is 18.1 Å². The molecule has 0 bridgehead atoms. The van der Waals surface area contributed by atoms with Crippen molar-refractivity contribution in [1.29, 1.82) is 0 Å². The maximum Gasteiger partial charge on any atom is 0.422 e. The third-order valence-electron chi connectivity index (χ3n) is 1.64. The number of carbonyl (C=O) groups excluding carboxylic acids is 1. The molecule has 7 heteroatoms. The molecule has 1 heterocycles. The Balaban J connectivity index is 2.58. The number of hydrogen-bond donors (Lipinski definition) is 0. The molecular weight excluding hydrogens is 251 g/mol. The highest BCUT2D eigenvalue weighted by Crippen LogP contribution is 2.17. The average molecular weight is 259 g/mol. The molecule has 1 rings (SSSR count). The van der Waals surface area contributed by atoms with Crippen LogP contribution in [-0.2, 0) is 4.74 Å². The minimum Gasteiger partial charge on any atom is -0.468 e. The van der Waals surface area contributed by atoms with Gasteiger partial charge >= 0.3 is 12.1 Å². The topological polar surface area (TPSA) is 48.4 Å². The number of rotatable bonds is 4. The van der Waals surface area contributed by atoms with Crippen molar-refractivity contribution in [2.24, 2.45) is 0 Å². The van der Waals surface area contributed by atoms with Crippen LogP contribution in [0.4, 0.5) is 13.2 Å². The van der Waals surface area contributed by atoms with E-state index in [0.29, 0.717) is 0 Å². The van der Waals surface area contributed by atoms with Gasteiger partial charge in [-0.15, -0.1) is 6.42 Å². The molecule has 1 aromatic rings. The zero-order chi connectivity index (χ0) is 13.6. The van der Waals surface area contributed by atoms with E-state index in [1.54, 1.807) is 0 Å². The Labute approximate surface area is 101 Å². The average Bonchev–Trinajstić information content (AvgIpc) is 2.33. The second-order valence-electron chi connectivity index (χ2n) is 3.07. The molecular formula is C11H8F3NO3. The summed E-state index contributed by atoms with van der Waals surface area (Å²) in [7, 11) is 0. The van der Waals surface area contributed by atoms with Gasteiger partial charge in [0.15, 0.2) is 13.2 Å². The van der Waals surface area contributed by atoms with Gasteiger partial charge in [-0.3, -0.25) is 0 Å². The molecule has 18 heavy (non-hydrogen) atoms. The zero-order valence-corrected chi connectivity index (χ0v) is 9.03. The van der Waals surface area contributed by atoms with Gasteiger partial charge in [-0.05, 0) is 6.07 Å². The number of pyridine rings is 1. The minimum absolute atomic E-state index is 0.0737. The largest absolute Gasteiger partial charge is 0.468 e. The van der Waals surface area contributed by atoms with Crippen molar-refractivity contribution in [2.75, 3.05) is 13.2 Å². The molecule has 96 valence electrons. The van der Waals surface area contributed by atoms with Crippen molar-refractivity contribution in [2.45, 2.75) is 6.18 Å². The van der Waals surface area contributed by atoms with Gasteiger partial charge in [-0.25, -0.2) is 9.78 Å². The Hall–Kier alpha value is -2.23. The molecule has 4 nitrogen and oxygen atoms in total. The third kappa shape index (κ3) is 4.74. The van der Waals surface area contributed by atoms with Crippen LogP contribution in [0, 0.1) is 12.3 Å². The van der Waals surface area contributed by atoms with Crippen LogP contribution in [-0.4, -0.2) is 30.3 Å². The smallest absolute Gasteiger partial charge is 0.422 e. The molecule has 0 fully saturated rings. The van der Waals surface area contributed by atoms with Gasteiger partial charge in [0.2, 0.25) is 5.88 Å². The molecule has 0 saturated heterocycles. The lowest BCUT2D eigenvalue weighted by Gasteiger charge is -2.08. The Morgan fingerprint density at radius 2 is 2.17 bits per heavy atom. The quantitative estimate of drug-likeness (QED) is 0.611. The summed E-state index contributed by atoms with van der Waals surface area (Å²) in [6, 6.07) is 2.37. The van der Waals surface area contributed by atoms with Crippen molar-refractivity contribution >= 4 is 5.97 Å². The van der Waals surface area contributed by atoms with Gasteiger partial charge in [0.05, 0.1) is 5.56 Å². The highest BCUT2D eigenvalue weighted by molar-refractivity contribution is 5.89. The maximum atomic E-state index is 11.8. The van der Waals surface area contributed by atoms with E-state index >= 15 is 0 Å². The summed E-state index contributed by atoms with van der Waals surface area (Å²) in [5.41, 5.74) is 0.0737. The Kier molecular flexibility index (Phi) is 4.54. The fraction of sp³-hybridized carbons (Fsp3) is 0.273. The van der Waals surface area contributed by atoms with Crippen LogP contribution >= 0.6 is 0 Å². The first-order valence-electron chi connectivity index (χ1n) is 4.68. The normalized spacial score (nSPS) is 10.6. The first-order valence-corrected chi connectivity index (χ1v) is 4.68. The summed E-state index contributed by atoms with van der Waals surface area (Å²) < 4.78 is 44.5. The number of terminal acetylenes is 1. The van der Waals surface area contributed by atoms with Crippen LogP contribution in [0.5, 0.6) is 5.88 Å². The Morgan fingerprint density at radius 3 is 2.67 bits per heavy atom. The first kappa shape index (κ1) is 13.8. The Morgan fingerprint density at radius 1 is 1.44 bits per heavy atom. The monoisotopic (exact) mass is 259 g/mol. The van der Waals surface area contributed by atoms with E-state index in [1.165, 1.54) is 6.07 Å². The predicted molar refractivity (Wildman–Crippen MR) is 54.9 cm³/mol. The molecule has 0 saturated carbocycles. The number of halogens is 3. The number of esters is 1. The molecule has 0 aliphatic heterocycles. The lowest BCUT2D eigenvalue weighted by molar-refractivity contribution is -0.154. The maximum absolute atomic E-state index is 11.8. The van der Waals surface area contributed by atoms with E-state index in [0.717, 1.165) is 12.3 Å². The van der Waals surface area contributed by atoms with Crippen molar-refractivity contribution in [3.05, 3.63) is 23.9 Å². The summed E-state index contributed by atoms with van der Waals surface area (Å²) in [4.78, 5) is 14.8. The second kappa shape index (κ2) is 5.91. The van der Waals surface area contributed by atoms with Gasteiger partial charge in [0.25, 0.3) is 0 Å². The fourth-order valence-corrected chi connectivity index (χ4v) is 0.933. The van der Waals surface area contributed by atoms with Crippen LogP contribution in [0.25, 0.3) is 0 Å². The predicted octanol–water partition coefficient (Wildman–Crippen LogP) is 1.81. The van der Waals surface area contributed by atoms with E-state index in [4.69, 9.17) is 6.42 Å². The molecule has 0 aromatic carbocycles. The number of ether oxygens (including phenoxy) is 2. The highest BCUT2D eigenvalue weighted by Gasteiger charge is 2.28. The van der Waals surface area contributed by atoms with Gasteiger partial charge in [0, 0.05) is 12.3 Å². The van der Waals surface area contributed by atoms with E-state index in [1.807, 2.05) is 0 Å². The van der Waals surface area contributed by atoms with Crippen molar-refractivity contribution in [3.63, 3.8) is 0 Å². The van der Waals surface area contributed by atoms with Crippen molar-refractivity contribution in [1.82, 2.24) is 4.98 Å². The summed E-state index contributed by atoms with van der Waals surface area (Å²) in [6.07, 6.45) is 1.50. The summed E-state index contributed by atoms with van der Waals surface area (Å²) in [5, 5.41) is 0. The van der Waals surface area contributed by atoms with Crippen molar-refractivity contribution in [3.8, 4) is 18.2 Å². The molecule has 0 aliphatic rings. The van der Waals surface area contributed by atoms with Gasteiger partial charge in [-0.2, -0.15) is 13.2 Å². The third-order valence-corrected chi connectivity index (χ3v) is 1.64. The lowest BCUT2D eigenvalue weighted by Crippen LogP contribution is -2.19. The molecule has 0 radical (unpaired) electrons. The minimum atomic E-state index is -4.44. The van der Waals surface area contributed by atoms with Crippen LogP contribution in [0.2, 0.25) is 0 Å². The number of nitrogens with zero attached hydrogens (tertiary/aromatic N) is 1. The van der Waals surface area contributed by atoms with Gasteiger partial charge in [0.1, 0.15) is 0 Å². The lowest BCUT2D eigenvalue weighted by atomic mass is 10.3.